The standard InChI is InChI=1S/C19H22N6O/c1-13-11-20-9-8-16(13)12-25(4)18(26)15-7-5-6-14(10-15)17-21-19(23-22-17)24(2)3/h5-11H,12H2,1-4H3,(H,21,22,23). The normalized spacial score (nSPS) is 10.6. The lowest BCUT2D eigenvalue weighted by Gasteiger charge is -2.18. The summed E-state index contributed by atoms with van der Waals surface area (Å²) in [5.41, 5.74) is 3.58. The molecule has 0 radical (unpaired) electrons. The van der Waals surface area contributed by atoms with Gasteiger partial charge in [0.15, 0.2) is 5.82 Å². The number of aromatic amines is 1. The van der Waals surface area contributed by atoms with Crippen LogP contribution in [-0.4, -0.2) is 52.1 Å². The Labute approximate surface area is 152 Å². The number of pyridine rings is 1. The van der Waals surface area contributed by atoms with Gasteiger partial charge in [-0.25, -0.2) is 0 Å². The molecule has 1 amide bonds. The Hall–Kier alpha value is -3.22. The minimum Gasteiger partial charge on any atom is -0.346 e. The summed E-state index contributed by atoms with van der Waals surface area (Å²) in [5.74, 6) is 1.19. The molecule has 0 saturated carbocycles. The first-order valence-electron chi connectivity index (χ1n) is 8.31. The van der Waals surface area contributed by atoms with Crippen LogP contribution in [0.5, 0.6) is 0 Å². The van der Waals surface area contributed by atoms with Gasteiger partial charge in [0, 0.05) is 51.2 Å². The van der Waals surface area contributed by atoms with E-state index in [1.165, 1.54) is 0 Å². The van der Waals surface area contributed by atoms with Gasteiger partial charge in [-0.15, -0.1) is 5.10 Å². The molecule has 0 saturated heterocycles. The predicted molar refractivity (Wildman–Crippen MR) is 101 cm³/mol. The first kappa shape index (κ1) is 17.6. The summed E-state index contributed by atoms with van der Waals surface area (Å²) in [6, 6.07) is 9.34. The second-order valence-corrected chi connectivity index (χ2v) is 6.42. The van der Waals surface area contributed by atoms with Crippen molar-refractivity contribution in [1.29, 1.82) is 0 Å². The zero-order valence-corrected chi connectivity index (χ0v) is 15.4. The van der Waals surface area contributed by atoms with E-state index < -0.39 is 0 Å². The fourth-order valence-corrected chi connectivity index (χ4v) is 2.61. The van der Waals surface area contributed by atoms with Crippen LogP contribution >= 0.6 is 0 Å². The summed E-state index contributed by atoms with van der Waals surface area (Å²) in [4.78, 5) is 24.9. The third-order valence-electron chi connectivity index (χ3n) is 4.15. The second-order valence-electron chi connectivity index (χ2n) is 6.42. The summed E-state index contributed by atoms with van der Waals surface area (Å²) in [6.07, 6.45) is 3.55. The number of benzene rings is 1. The molecule has 7 nitrogen and oxygen atoms in total. The zero-order valence-electron chi connectivity index (χ0n) is 15.4. The molecule has 0 bridgehead atoms. The van der Waals surface area contributed by atoms with Crippen molar-refractivity contribution >= 4 is 11.9 Å². The Kier molecular flexibility index (Phi) is 4.97. The quantitative estimate of drug-likeness (QED) is 0.765. The average Bonchev–Trinajstić information content (AvgIpc) is 3.13. The third-order valence-corrected chi connectivity index (χ3v) is 4.15. The number of amides is 1. The van der Waals surface area contributed by atoms with Crippen LogP contribution in [0, 0.1) is 6.92 Å². The van der Waals surface area contributed by atoms with E-state index in [1.807, 2.05) is 56.3 Å². The maximum absolute atomic E-state index is 12.8. The highest BCUT2D eigenvalue weighted by Gasteiger charge is 2.15. The molecule has 0 aliphatic rings. The second kappa shape index (κ2) is 7.35. The topological polar surface area (TPSA) is 78.0 Å². The van der Waals surface area contributed by atoms with Crippen LogP contribution in [0.3, 0.4) is 0 Å². The number of hydrogen-bond donors (Lipinski definition) is 1. The van der Waals surface area contributed by atoms with E-state index in [4.69, 9.17) is 0 Å². The van der Waals surface area contributed by atoms with Crippen LogP contribution < -0.4 is 4.90 Å². The minimum atomic E-state index is -0.0459. The van der Waals surface area contributed by atoms with Crippen molar-refractivity contribution in [1.82, 2.24) is 25.1 Å². The lowest BCUT2D eigenvalue weighted by Crippen LogP contribution is -2.26. The van der Waals surface area contributed by atoms with Gasteiger partial charge in [0.2, 0.25) is 5.95 Å². The number of H-pyrrole nitrogens is 1. The van der Waals surface area contributed by atoms with Gasteiger partial charge in [-0.3, -0.25) is 14.9 Å². The van der Waals surface area contributed by atoms with Gasteiger partial charge in [0.25, 0.3) is 5.91 Å². The smallest absolute Gasteiger partial charge is 0.253 e. The first-order valence-corrected chi connectivity index (χ1v) is 8.31. The molecule has 0 atom stereocenters. The molecule has 3 aromatic rings. The van der Waals surface area contributed by atoms with E-state index in [9.17, 15) is 4.79 Å². The fraction of sp³-hybridized carbons (Fsp3) is 0.263. The lowest BCUT2D eigenvalue weighted by atomic mass is 10.1. The van der Waals surface area contributed by atoms with Crippen LogP contribution in [-0.2, 0) is 6.54 Å². The number of nitrogens with one attached hydrogen (secondary N) is 1. The van der Waals surface area contributed by atoms with Crippen LogP contribution in [0.2, 0.25) is 0 Å². The van der Waals surface area contributed by atoms with Crippen LogP contribution in [0.15, 0.2) is 42.7 Å². The van der Waals surface area contributed by atoms with Crippen molar-refractivity contribution < 1.29 is 4.79 Å². The molecule has 26 heavy (non-hydrogen) atoms. The molecule has 1 N–H and O–H groups in total. The third kappa shape index (κ3) is 3.72. The molecule has 7 heteroatoms. The molecule has 0 spiro atoms. The molecule has 0 unspecified atom stereocenters. The molecule has 3 rings (SSSR count). The van der Waals surface area contributed by atoms with Crippen molar-refractivity contribution in [3.63, 3.8) is 0 Å². The van der Waals surface area contributed by atoms with Gasteiger partial charge in [-0.05, 0) is 36.2 Å². The Morgan fingerprint density at radius 3 is 2.69 bits per heavy atom. The number of anilines is 1. The maximum Gasteiger partial charge on any atom is 0.253 e. The van der Waals surface area contributed by atoms with E-state index in [1.54, 1.807) is 24.3 Å². The number of rotatable bonds is 5. The maximum atomic E-state index is 12.8. The molecule has 0 fully saturated rings. The Bertz CT molecular complexity index is 918. The summed E-state index contributed by atoms with van der Waals surface area (Å²) in [5, 5.41) is 7.07. The van der Waals surface area contributed by atoms with Crippen molar-refractivity contribution in [2.24, 2.45) is 0 Å². The number of aromatic nitrogens is 4. The van der Waals surface area contributed by atoms with E-state index in [0.29, 0.717) is 23.9 Å². The highest BCUT2D eigenvalue weighted by atomic mass is 16.2. The minimum absolute atomic E-state index is 0.0459. The zero-order chi connectivity index (χ0) is 18.7. The molecular weight excluding hydrogens is 328 g/mol. The van der Waals surface area contributed by atoms with E-state index in [0.717, 1.165) is 16.7 Å². The average molecular weight is 350 g/mol. The Balaban J connectivity index is 1.80. The van der Waals surface area contributed by atoms with Crippen molar-refractivity contribution in [2.45, 2.75) is 13.5 Å². The predicted octanol–water partition coefficient (Wildman–Crippen LogP) is 2.51. The van der Waals surface area contributed by atoms with Crippen LogP contribution in [0.1, 0.15) is 21.5 Å². The summed E-state index contributed by atoms with van der Waals surface area (Å²) < 4.78 is 0. The Morgan fingerprint density at radius 2 is 2.00 bits per heavy atom. The highest BCUT2D eigenvalue weighted by molar-refractivity contribution is 5.95. The first-order chi connectivity index (χ1) is 12.5. The molecule has 0 aliphatic carbocycles. The number of carbonyl (C=O) groups is 1. The summed E-state index contributed by atoms with van der Waals surface area (Å²) in [7, 11) is 5.55. The number of nitrogens with zero attached hydrogens (tertiary/aromatic N) is 5. The van der Waals surface area contributed by atoms with E-state index in [-0.39, 0.29) is 5.91 Å². The number of aryl methyl sites for hydroxylation is 1. The van der Waals surface area contributed by atoms with Crippen molar-refractivity contribution in [3.8, 4) is 11.4 Å². The largest absolute Gasteiger partial charge is 0.346 e. The van der Waals surface area contributed by atoms with Gasteiger partial charge in [-0.2, -0.15) is 4.98 Å². The highest BCUT2D eigenvalue weighted by Crippen LogP contribution is 2.19. The van der Waals surface area contributed by atoms with Gasteiger partial charge in [0.05, 0.1) is 0 Å². The fourth-order valence-electron chi connectivity index (χ4n) is 2.61. The Morgan fingerprint density at radius 1 is 1.19 bits per heavy atom. The molecule has 1 aromatic carbocycles. The van der Waals surface area contributed by atoms with Gasteiger partial charge in [0.1, 0.15) is 0 Å². The summed E-state index contributed by atoms with van der Waals surface area (Å²) in [6.45, 7) is 2.53. The molecular formula is C19H22N6O. The summed E-state index contributed by atoms with van der Waals surface area (Å²) >= 11 is 0. The lowest BCUT2D eigenvalue weighted by molar-refractivity contribution is 0.0785. The van der Waals surface area contributed by atoms with Gasteiger partial charge < -0.3 is 9.80 Å². The van der Waals surface area contributed by atoms with Crippen molar-refractivity contribution in [2.75, 3.05) is 26.0 Å². The monoisotopic (exact) mass is 350 g/mol. The molecule has 134 valence electrons. The molecule has 2 aromatic heterocycles. The SMILES string of the molecule is Cc1cnccc1CN(C)C(=O)c1cccc(-c2nc(N(C)C)n[nH]2)c1. The van der Waals surface area contributed by atoms with E-state index >= 15 is 0 Å². The van der Waals surface area contributed by atoms with Crippen LogP contribution in [0.25, 0.3) is 11.4 Å². The number of hydrogen-bond acceptors (Lipinski definition) is 5. The van der Waals surface area contributed by atoms with Crippen molar-refractivity contribution in [3.05, 3.63) is 59.4 Å². The molecule has 0 aliphatic heterocycles. The number of carbonyl (C=O) groups excluding carboxylic acids is 1. The van der Waals surface area contributed by atoms with Gasteiger partial charge in [-0.1, -0.05) is 12.1 Å². The molecule has 2 heterocycles. The van der Waals surface area contributed by atoms with Gasteiger partial charge >= 0.3 is 0 Å². The van der Waals surface area contributed by atoms with E-state index in [2.05, 4.69) is 20.2 Å². The van der Waals surface area contributed by atoms with Crippen LogP contribution in [0.4, 0.5) is 5.95 Å².